The molecule has 0 aromatic heterocycles. The minimum atomic E-state index is -0.664. The first-order valence-electron chi connectivity index (χ1n) is 41.1. The minimum absolute atomic E-state index is 0.0208. The number of nitrogens with one attached hydrogen (secondary N) is 1. The lowest BCUT2D eigenvalue weighted by atomic mass is 10.0. The van der Waals surface area contributed by atoms with Gasteiger partial charge < -0.3 is 20.3 Å². The fourth-order valence-electron chi connectivity index (χ4n) is 13.3. The molecular formula is C83H161NO5. The Labute approximate surface area is 558 Å². The van der Waals surface area contributed by atoms with Crippen molar-refractivity contribution in [2.24, 2.45) is 0 Å². The number of allylic oxidation sites excluding steroid dienone is 4. The monoisotopic (exact) mass is 1250 g/mol. The molecule has 0 heterocycles. The van der Waals surface area contributed by atoms with Gasteiger partial charge >= 0.3 is 5.97 Å². The molecule has 0 saturated heterocycles. The van der Waals surface area contributed by atoms with Crippen LogP contribution in [0.5, 0.6) is 0 Å². The van der Waals surface area contributed by atoms with Crippen LogP contribution in [-0.4, -0.2) is 47.4 Å². The van der Waals surface area contributed by atoms with E-state index in [1.807, 2.05) is 0 Å². The van der Waals surface area contributed by atoms with E-state index in [0.717, 1.165) is 44.9 Å². The summed E-state index contributed by atoms with van der Waals surface area (Å²) in [5, 5.41) is 23.5. The smallest absolute Gasteiger partial charge is 0.305 e. The Bertz CT molecular complexity index is 1400. The van der Waals surface area contributed by atoms with Crippen LogP contribution in [0.15, 0.2) is 24.3 Å². The average molecular weight is 1250 g/mol. The highest BCUT2D eigenvalue weighted by Gasteiger charge is 2.20. The molecule has 0 aliphatic rings. The van der Waals surface area contributed by atoms with Crippen LogP contribution >= 0.6 is 0 Å². The first-order chi connectivity index (χ1) is 44.0. The van der Waals surface area contributed by atoms with Gasteiger partial charge in [-0.1, -0.05) is 423 Å². The van der Waals surface area contributed by atoms with E-state index < -0.39 is 12.1 Å². The summed E-state index contributed by atoms with van der Waals surface area (Å²) in [6, 6.07) is -0.541. The van der Waals surface area contributed by atoms with Crippen molar-refractivity contribution in [1.82, 2.24) is 5.32 Å². The van der Waals surface area contributed by atoms with Crippen molar-refractivity contribution in [3.8, 4) is 0 Å². The van der Waals surface area contributed by atoms with Crippen LogP contribution in [0.25, 0.3) is 0 Å². The lowest BCUT2D eigenvalue weighted by Crippen LogP contribution is -2.45. The molecule has 0 aliphatic carbocycles. The van der Waals surface area contributed by atoms with Gasteiger partial charge in [0.05, 0.1) is 25.4 Å². The van der Waals surface area contributed by atoms with Crippen molar-refractivity contribution in [3.05, 3.63) is 24.3 Å². The van der Waals surface area contributed by atoms with Gasteiger partial charge in [0.15, 0.2) is 0 Å². The van der Waals surface area contributed by atoms with Gasteiger partial charge in [-0.3, -0.25) is 9.59 Å². The van der Waals surface area contributed by atoms with Crippen LogP contribution in [0.2, 0.25) is 0 Å². The second-order valence-electron chi connectivity index (χ2n) is 28.5. The summed E-state index contributed by atoms with van der Waals surface area (Å²) < 4.78 is 5.50. The zero-order valence-electron chi connectivity index (χ0n) is 60.7. The number of hydrogen-bond acceptors (Lipinski definition) is 5. The Morgan fingerprint density at radius 3 is 0.854 bits per heavy atom. The molecule has 89 heavy (non-hydrogen) atoms. The number of hydrogen-bond donors (Lipinski definition) is 3. The van der Waals surface area contributed by atoms with Crippen LogP contribution in [0.4, 0.5) is 0 Å². The molecule has 0 spiro atoms. The highest BCUT2D eigenvalue weighted by molar-refractivity contribution is 5.76. The Morgan fingerprint density at radius 2 is 0.562 bits per heavy atom. The van der Waals surface area contributed by atoms with Crippen molar-refractivity contribution in [2.75, 3.05) is 13.2 Å². The number of amides is 1. The molecule has 0 bridgehead atoms. The zero-order valence-corrected chi connectivity index (χ0v) is 60.7. The fourth-order valence-corrected chi connectivity index (χ4v) is 13.3. The maximum absolute atomic E-state index is 12.6. The molecular weight excluding hydrogens is 1090 g/mol. The van der Waals surface area contributed by atoms with Crippen molar-refractivity contribution in [3.63, 3.8) is 0 Å². The van der Waals surface area contributed by atoms with E-state index in [-0.39, 0.29) is 18.5 Å². The standard InChI is InChI=1S/C83H161NO5/c1-3-5-7-9-11-13-15-17-19-20-21-22-38-41-44-48-51-55-59-63-67-71-75-81(86)80(79-85)84-82(87)76-72-68-64-60-56-52-49-45-42-39-36-34-32-30-28-26-24-23-25-27-29-31-33-35-37-40-43-46-50-54-58-62-66-70-74-78-89-83(88)77-73-69-65-61-57-53-47-18-16-14-12-10-8-6-4-2/h25,27,31,33,80-81,85-86H,3-24,26,28-30,32,34-79H2,1-2H3,(H,84,87)/b27-25-,33-31-. The maximum atomic E-state index is 12.6. The topological polar surface area (TPSA) is 95.9 Å². The van der Waals surface area contributed by atoms with Crippen LogP contribution in [0.1, 0.15) is 470 Å². The number of esters is 1. The highest BCUT2D eigenvalue weighted by Crippen LogP contribution is 2.20. The molecule has 0 radical (unpaired) electrons. The van der Waals surface area contributed by atoms with Crippen molar-refractivity contribution in [1.29, 1.82) is 0 Å². The summed E-state index contributed by atoms with van der Waals surface area (Å²) in [5.41, 5.74) is 0. The summed E-state index contributed by atoms with van der Waals surface area (Å²) in [6.07, 6.45) is 101. The molecule has 0 saturated carbocycles. The molecule has 6 nitrogen and oxygen atoms in total. The van der Waals surface area contributed by atoms with Crippen LogP contribution in [-0.2, 0) is 14.3 Å². The summed E-state index contributed by atoms with van der Waals surface area (Å²) in [6.45, 7) is 5.01. The Balaban J connectivity index is 3.36. The highest BCUT2D eigenvalue weighted by atomic mass is 16.5. The largest absolute Gasteiger partial charge is 0.466 e. The molecule has 0 fully saturated rings. The molecule has 528 valence electrons. The van der Waals surface area contributed by atoms with Crippen LogP contribution in [0, 0.1) is 0 Å². The predicted molar refractivity (Wildman–Crippen MR) is 393 cm³/mol. The Morgan fingerprint density at radius 1 is 0.315 bits per heavy atom. The third-order valence-electron chi connectivity index (χ3n) is 19.5. The van der Waals surface area contributed by atoms with E-state index in [0.29, 0.717) is 25.9 Å². The second-order valence-corrected chi connectivity index (χ2v) is 28.5. The van der Waals surface area contributed by atoms with Gasteiger partial charge in [-0.25, -0.2) is 0 Å². The van der Waals surface area contributed by atoms with Gasteiger partial charge in [0.1, 0.15) is 0 Å². The molecule has 3 N–H and O–H groups in total. The van der Waals surface area contributed by atoms with E-state index in [1.54, 1.807) is 0 Å². The number of aliphatic hydroxyl groups excluding tert-OH is 2. The third-order valence-corrected chi connectivity index (χ3v) is 19.5. The van der Waals surface area contributed by atoms with E-state index in [4.69, 9.17) is 4.74 Å². The zero-order chi connectivity index (χ0) is 64.2. The maximum Gasteiger partial charge on any atom is 0.305 e. The molecule has 0 aromatic rings. The number of aliphatic hydroxyl groups is 2. The minimum Gasteiger partial charge on any atom is -0.466 e. The van der Waals surface area contributed by atoms with E-state index in [1.165, 1.54) is 392 Å². The van der Waals surface area contributed by atoms with Gasteiger partial charge in [-0.05, 0) is 57.8 Å². The van der Waals surface area contributed by atoms with Gasteiger partial charge in [0.2, 0.25) is 5.91 Å². The second kappa shape index (κ2) is 78.8. The third kappa shape index (κ3) is 75.3. The Hall–Kier alpha value is -1.66. The fraction of sp³-hybridized carbons (Fsp3) is 0.928. The number of ether oxygens (including phenoxy) is 1. The molecule has 0 aliphatic heterocycles. The summed E-state index contributed by atoms with van der Waals surface area (Å²) in [7, 11) is 0. The lowest BCUT2D eigenvalue weighted by Gasteiger charge is -2.22. The number of unbranched alkanes of at least 4 members (excludes halogenated alkanes) is 63. The number of carbonyl (C=O) groups is 2. The predicted octanol–water partition coefficient (Wildman–Crippen LogP) is 27.2. The van der Waals surface area contributed by atoms with Crippen LogP contribution in [0.3, 0.4) is 0 Å². The average Bonchev–Trinajstić information content (AvgIpc) is 3.57. The molecule has 6 heteroatoms. The molecule has 0 aromatic carbocycles. The molecule has 2 atom stereocenters. The summed E-state index contributed by atoms with van der Waals surface area (Å²) in [5.74, 6) is -0.00618. The number of rotatable bonds is 78. The first kappa shape index (κ1) is 87.3. The van der Waals surface area contributed by atoms with E-state index in [9.17, 15) is 19.8 Å². The molecule has 2 unspecified atom stereocenters. The number of carbonyl (C=O) groups excluding carboxylic acids is 2. The quantitative estimate of drug-likeness (QED) is 0.0320. The van der Waals surface area contributed by atoms with Gasteiger partial charge in [0.25, 0.3) is 0 Å². The first-order valence-corrected chi connectivity index (χ1v) is 41.1. The molecule has 0 rings (SSSR count). The molecule has 1 amide bonds. The van der Waals surface area contributed by atoms with Gasteiger partial charge in [-0.2, -0.15) is 0 Å². The van der Waals surface area contributed by atoms with E-state index in [2.05, 4.69) is 43.5 Å². The summed E-state index contributed by atoms with van der Waals surface area (Å²) >= 11 is 0. The Kier molecular flexibility index (Phi) is 77.3. The van der Waals surface area contributed by atoms with Crippen molar-refractivity contribution in [2.45, 2.75) is 482 Å². The van der Waals surface area contributed by atoms with Gasteiger partial charge in [-0.15, -0.1) is 0 Å². The van der Waals surface area contributed by atoms with E-state index >= 15 is 0 Å². The van der Waals surface area contributed by atoms with Crippen molar-refractivity contribution >= 4 is 11.9 Å². The van der Waals surface area contributed by atoms with Crippen molar-refractivity contribution < 1.29 is 24.5 Å². The SMILES string of the molecule is CCCCCCCCCCCCCCCCCCCCCCCCC(O)C(CO)NC(=O)CCCCCCCCCCCCCCCCCCC/C=C\C/C=C\CCCCCCCCCCCCCOC(=O)CCCCCCCCCCCCCCCCC. The normalized spacial score (nSPS) is 12.5. The van der Waals surface area contributed by atoms with Crippen LogP contribution < -0.4 is 5.32 Å². The lowest BCUT2D eigenvalue weighted by molar-refractivity contribution is -0.143. The summed E-state index contributed by atoms with van der Waals surface area (Å²) in [4.78, 5) is 24.7. The van der Waals surface area contributed by atoms with Gasteiger partial charge in [0, 0.05) is 12.8 Å².